The third-order valence-corrected chi connectivity index (χ3v) is 4.37. The minimum Gasteiger partial charge on any atom is -0.313 e. The summed E-state index contributed by atoms with van der Waals surface area (Å²) in [5, 5.41) is 3.69. The lowest BCUT2D eigenvalue weighted by molar-refractivity contribution is 0.0837. The lowest BCUT2D eigenvalue weighted by Gasteiger charge is -2.42. The van der Waals surface area contributed by atoms with Gasteiger partial charge in [0, 0.05) is 19.1 Å². The van der Waals surface area contributed by atoms with Gasteiger partial charge in [0.2, 0.25) is 0 Å². The quantitative estimate of drug-likeness (QED) is 0.790. The first-order valence-electron chi connectivity index (χ1n) is 7.18. The van der Waals surface area contributed by atoms with Crippen LogP contribution in [0.15, 0.2) is 0 Å². The first-order valence-corrected chi connectivity index (χ1v) is 7.18. The van der Waals surface area contributed by atoms with Crippen LogP contribution in [0.25, 0.3) is 0 Å². The van der Waals surface area contributed by atoms with E-state index in [0.29, 0.717) is 5.41 Å². The van der Waals surface area contributed by atoms with Crippen LogP contribution in [-0.2, 0) is 0 Å². The summed E-state index contributed by atoms with van der Waals surface area (Å²) in [5.41, 5.74) is 0.654. The average molecular weight is 224 g/mol. The van der Waals surface area contributed by atoms with Gasteiger partial charge in [0.05, 0.1) is 0 Å². The molecule has 1 unspecified atom stereocenters. The van der Waals surface area contributed by atoms with Gasteiger partial charge in [0.1, 0.15) is 0 Å². The van der Waals surface area contributed by atoms with E-state index in [0.717, 1.165) is 6.04 Å². The Morgan fingerprint density at radius 1 is 1.31 bits per heavy atom. The van der Waals surface area contributed by atoms with E-state index >= 15 is 0 Å². The molecule has 2 heteroatoms. The molecule has 0 spiro atoms. The number of hydrogen-bond acceptors (Lipinski definition) is 2. The van der Waals surface area contributed by atoms with Crippen LogP contribution in [0.1, 0.15) is 52.4 Å². The van der Waals surface area contributed by atoms with Crippen molar-refractivity contribution in [3.8, 4) is 0 Å². The van der Waals surface area contributed by atoms with Crippen LogP contribution < -0.4 is 5.32 Å². The van der Waals surface area contributed by atoms with Crippen LogP contribution in [0.4, 0.5) is 0 Å². The summed E-state index contributed by atoms with van der Waals surface area (Å²) in [6.45, 7) is 9.92. The zero-order chi connectivity index (χ0) is 11.4. The van der Waals surface area contributed by atoms with Gasteiger partial charge in [-0.25, -0.2) is 0 Å². The third-order valence-electron chi connectivity index (χ3n) is 4.37. The second-order valence-corrected chi connectivity index (χ2v) is 6.19. The predicted octanol–water partition coefficient (Wildman–Crippen LogP) is 2.64. The molecule has 1 atom stereocenters. The van der Waals surface area contributed by atoms with Crippen LogP contribution >= 0.6 is 0 Å². The molecular formula is C14H28N2. The Morgan fingerprint density at radius 2 is 2.12 bits per heavy atom. The number of nitrogens with one attached hydrogen (secondary N) is 1. The summed E-state index contributed by atoms with van der Waals surface area (Å²) in [6.07, 6.45) is 8.35. The fourth-order valence-electron chi connectivity index (χ4n) is 3.24. The van der Waals surface area contributed by atoms with Gasteiger partial charge in [-0.3, -0.25) is 0 Å². The molecule has 0 aromatic carbocycles. The minimum atomic E-state index is 0.654. The highest BCUT2D eigenvalue weighted by Gasteiger charge is 2.34. The van der Waals surface area contributed by atoms with Crippen LogP contribution in [0.5, 0.6) is 0 Å². The highest BCUT2D eigenvalue weighted by atomic mass is 15.2. The Kier molecular flexibility index (Phi) is 4.26. The molecule has 0 aromatic heterocycles. The van der Waals surface area contributed by atoms with Crippen molar-refractivity contribution in [2.75, 3.05) is 26.2 Å². The second kappa shape index (κ2) is 5.50. The molecule has 2 fully saturated rings. The van der Waals surface area contributed by atoms with Crippen LogP contribution in [0.3, 0.4) is 0 Å². The maximum absolute atomic E-state index is 3.69. The lowest BCUT2D eigenvalue weighted by Crippen LogP contribution is -2.44. The van der Waals surface area contributed by atoms with Crippen molar-refractivity contribution in [2.24, 2.45) is 5.41 Å². The maximum Gasteiger partial charge on any atom is 0.0194 e. The van der Waals surface area contributed by atoms with Crippen molar-refractivity contribution in [3.05, 3.63) is 0 Å². The molecule has 2 nitrogen and oxygen atoms in total. The number of nitrogens with zero attached hydrogens (tertiary/aromatic N) is 1. The minimum absolute atomic E-state index is 0.654. The summed E-state index contributed by atoms with van der Waals surface area (Å²) in [4.78, 5) is 2.72. The molecule has 94 valence electrons. The van der Waals surface area contributed by atoms with Gasteiger partial charge in [-0.2, -0.15) is 0 Å². The largest absolute Gasteiger partial charge is 0.313 e. The van der Waals surface area contributed by atoms with E-state index in [1.54, 1.807) is 0 Å². The topological polar surface area (TPSA) is 15.3 Å². The Balaban J connectivity index is 1.82. The Labute approximate surface area is 101 Å². The van der Waals surface area contributed by atoms with E-state index in [-0.39, 0.29) is 0 Å². The van der Waals surface area contributed by atoms with Crippen molar-refractivity contribution >= 4 is 0 Å². The monoisotopic (exact) mass is 224 g/mol. The Hall–Kier alpha value is -0.0800. The summed E-state index contributed by atoms with van der Waals surface area (Å²) in [7, 11) is 0. The smallest absolute Gasteiger partial charge is 0.0194 e. The van der Waals surface area contributed by atoms with Gasteiger partial charge in [-0.05, 0) is 44.2 Å². The first-order chi connectivity index (χ1) is 7.72. The molecule has 1 aliphatic heterocycles. The molecule has 0 bridgehead atoms. The van der Waals surface area contributed by atoms with Gasteiger partial charge in [0.25, 0.3) is 0 Å². The second-order valence-electron chi connectivity index (χ2n) is 6.19. The molecule has 1 heterocycles. The molecule has 0 radical (unpaired) electrons. The zero-order valence-electron chi connectivity index (χ0n) is 11.1. The van der Waals surface area contributed by atoms with E-state index in [4.69, 9.17) is 0 Å². The van der Waals surface area contributed by atoms with E-state index < -0.39 is 0 Å². The fraction of sp³-hybridized carbons (Fsp3) is 1.00. The molecule has 2 rings (SSSR count). The maximum atomic E-state index is 3.69. The Morgan fingerprint density at radius 3 is 2.75 bits per heavy atom. The Bertz CT molecular complexity index is 211. The molecule has 0 amide bonds. The van der Waals surface area contributed by atoms with Crippen molar-refractivity contribution in [1.29, 1.82) is 0 Å². The SMILES string of the molecule is CCCC1CN(CC2(C)CCC2)CCCN1. The standard InChI is InChI=1S/C14H28N2/c1-3-6-13-11-16(10-5-9-15-13)12-14(2)7-4-8-14/h13,15H,3-12H2,1-2H3. The lowest BCUT2D eigenvalue weighted by atomic mass is 9.70. The molecule has 2 aliphatic rings. The van der Waals surface area contributed by atoms with E-state index in [2.05, 4.69) is 24.1 Å². The molecule has 1 saturated carbocycles. The normalized spacial score (nSPS) is 30.8. The molecule has 0 aromatic rings. The van der Waals surface area contributed by atoms with Gasteiger partial charge in [0.15, 0.2) is 0 Å². The third kappa shape index (κ3) is 3.21. The van der Waals surface area contributed by atoms with Crippen molar-refractivity contribution in [3.63, 3.8) is 0 Å². The molecular weight excluding hydrogens is 196 g/mol. The molecule has 1 N–H and O–H groups in total. The fourth-order valence-corrected chi connectivity index (χ4v) is 3.24. The van der Waals surface area contributed by atoms with Crippen molar-refractivity contribution in [1.82, 2.24) is 10.2 Å². The molecule has 1 saturated heterocycles. The van der Waals surface area contributed by atoms with Crippen LogP contribution in [-0.4, -0.2) is 37.1 Å². The van der Waals surface area contributed by atoms with Gasteiger partial charge in [-0.1, -0.05) is 26.7 Å². The van der Waals surface area contributed by atoms with Gasteiger partial charge < -0.3 is 10.2 Å². The predicted molar refractivity (Wildman–Crippen MR) is 69.7 cm³/mol. The average Bonchev–Trinajstić information content (AvgIpc) is 2.42. The molecule has 16 heavy (non-hydrogen) atoms. The van der Waals surface area contributed by atoms with Crippen LogP contribution in [0, 0.1) is 5.41 Å². The van der Waals surface area contributed by atoms with Crippen LogP contribution in [0.2, 0.25) is 0 Å². The number of hydrogen-bond donors (Lipinski definition) is 1. The summed E-state index contributed by atoms with van der Waals surface area (Å²) < 4.78 is 0. The highest BCUT2D eigenvalue weighted by molar-refractivity contribution is 4.88. The van der Waals surface area contributed by atoms with Gasteiger partial charge in [-0.15, -0.1) is 0 Å². The molecule has 1 aliphatic carbocycles. The first kappa shape index (κ1) is 12.4. The highest BCUT2D eigenvalue weighted by Crippen LogP contribution is 2.40. The van der Waals surface area contributed by atoms with Gasteiger partial charge >= 0.3 is 0 Å². The van der Waals surface area contributed by atoms with Crippen molar-refractivity contribution in [2.45, 2.75) is 58.4 Å². The van der Waals surface area contributed by atoms with E-state index in [1.165, 1.54) is 64.7 Å². The summed E-state index contributed by atoms with van der Waals surface area (Å²) >= 11 is 0. The van der Waals surface area contributed by atoms with Crippen molar-refractivity contribution < 1.29 is 0 Å². The summed E-state index contributed by atoms with van der Waals surface area (Å²) in [6, 6.07) is 0.746. The van der Waals surface area contributed by atoms with E-state index in [9.17, 15) is 0 Å². The zero-order valence-corrected chi connectivity index (χ0v) is 11.1. The number of rotatable bonds is 4. The van der Waals surface area contributed by atoms with E-state index in [1.807, 2.05) is 0 Å². The summed E-state index contributed by atoms with van der Waals surface area (Å²) in [5.74, 6) is 0.